The average Bonchev–Trinajstić information content (AvgIpc) is 1.97. The number of hydrogen-bond donors (Lipinski definition) is 1. The molecule has 0 aromatic heterocycles. The van der Waals surface area contributed by atoms with Gasteiger partial charge in [0.05, 0.1) is 6.54 Å². The first kappa shape index (κ1) is 13.9. The molecule has 0 heterocycles. The maximum atomic E-state index is 11.5. The van der Waals surface area contributed by atoms with E-state index in [-0.39, 0.29) is 12.4 Å². The quantitative estimate of drug-likeness (QED) is 0.687. The van der Waals surface area contributed by atoms with Crippen molar-refractivity contribution in [3.63, 3.8) is 0 Å². The van der Waals surface area contributed by atoms with Gasteiger partial charge in [0, 0.05) is 0 Å². The molecule has 0 saturated carbocycles. The molecule has 1 amide bonds. The third kappa shape index (κ3) is 9.36. The van der Waals surface area contributed by atoms with Crippen molar-refractivity contribution in [2.24, 2.45) is 0 Å². The molecule has 0 aliphatic rings. The number of amides is 1. The van der Waals surface area contributed by atoms with Crippen molar-refractivity contribution in [2.75, 3.05) is 6.54 Å². The Bertz CT molecular complexity index is 150. The number of halogens is 3. The van der Waals surface area contributed by atoms with Gasteiger partial charge < -0.3 is 5.32 Å². The highest BCUT2D eigenvalue weighted by molar-refractivity contribution is 5.87. The van der Waals surface area contributed by atoms with Gasteiger partial charge in [-0.2, -0.15) is 0 Å². The van der Waals surface area contributed by atoms with Crippen LogP contribution in [-0.2, 0) is 4.79 Å². The van der Waals surface area contributed by atoms with Gasteiger partial charge in [-0.05, 0) is 12.5 Å². The van der Waals surface area contributed by atoms with Crippen LogP contribution in [0.25, 0.3) is 0 Å². The molecule has 5 heteroatoms. The van der Waals surface area contributed by atoms with E-state index in [2.05, 4.69) is 0 Å². The number of alkyl halides is 2. The third-order valence-electron chi connectivity index (χ3n) is 0.936. The van der Waals surface area contributed by atoms with Crippen molar-refractivity contribution >= 4 is 18.3 Å². The minimum absolute atomic E-state index is 0. The Morgan fingerprint density at radius 3 is 2.58 bits per heavy atom. The molecule has 0 saturated heterocycles. The highest BCUT2D eigenvalue weighted by Gasteiger charge is 2.02. The smallest absolute Gasteiger partial charge is 0.255 e. The monoisotopic (exact) mass is 199 g/mol. The van der Waals surface area contributed by atoms with Crippen LogP contribution in [-0.4, -0.2) is 18.9 Å². The predicted octanol–water partition coefficient (Wildman–Crippen LogP) is 1.76. The fourth-order valence-electron chi connectivity index (χ4n) is 0.462. The molecule has 72 valence electrons. The van der Waals surface area contributed by atoms with E-state index >= 15 is 0 Å². The zero-order valence-corrected chi connectivity index (χ0v) is 7.54. The Kier molecular flexibility index (Phi) is 9.81. The van der Waals surface area contributed by atoms with Crippen molar-refractivity contribution < 1.29 is 13.6 Å². The Morgan fingerprint density at radius 2 is 2.17 bits per heavy atom. The van der Waals surface area contributed by atoms with Gasteiger partial charge in [0.1, 0.15) is 0 Å². The molecule has 0 bridgehead atoms. The first-order chi connectivity index (χ1) is 5.16. The summed E-state index contributed by atoms with van der Waals surface area (Å²) in [5, 5.41) is 2.04. The summed E-state index contributed by atoms with van der Waals surface area (Å²) in [6.07, 6.45) is 1.11. The average molecular weight is 200 g/mol. The van der Waals surface area contributed by atoms with E-state index in [1.54, 1.807) is 6.08 Å². The molecule has 0 fully saturated rings. The van der Waals surface area contributed by atoms with Gasteiger partial charge in [-0.3, -0.25) is 4.79 Å². The molecular weight excluding hydrogens is 188 g/mol. The lowest BCUT2D eigenvalue weighted by molar-refractivity contribution is -0.117. The fraction of sp³-hybridized carbons (Fsp3) is 0.571. The van der Waals surface area contributed by atoms with Gasteiger partial charge in [-0.15, -0.1) is 12.4 Å². The Hall–Kier alpha value is -0.640. The maximum absolute atomic E-state index is 11.5. The zero-order valence-electron chi connectivity index (χ0n) is 6.72. The molecule has 12 heavy (non-hydrogen) atoms. The number of hydrogen-bond acceptors (Lipinski definition) is 1. The Morgan fingerprint density at radius 1 is 1.58 bits per heavy atom. The largest absolute Gasteiger partial charge is 0.347 e. The van der Waals surface area contributed by atoms with E-state index < -0.39 is 18.9 Å². The summed E-state index contributed by atoms with van der Waals surface area (Å²) < 4.78 is 23.0. The third-order valence-corrected chi connectivity index (χ3v) is 0.936. The molecule has 0 atom stereocenters. The molecule has 0 aromatic rings. The van der Waals surface area contributed by atoms with E-state index in [4.69, 9.17) is 0 Å². The normalized spacial score (nSPS) is 10.0. The van der Waals surface area contributed by atoms with Gasteiger partial charge in [0.15, 0.2) is 0 Å². The minimum atomic E-state index is -2.48. The van der Waals surface area contributed by atoms with Crippen molar-refractivity contribution in [2.45, 2.75) is 19.8 Å². The highest BCUT2D eigenvalue weighted by atomic mass is 35.5. The van der Waals surface area contributed by atoms with Crippen molar-refractivity contribution in [1.29, 1.82) is 0 Å². The molecule has 0 unspecified atom stereocenters. The second kappa shape index (κ2) is 8.46. The van der Waals surface area contributed by atoms with E-state index in [9.17, 15) is 13.6 Å². The van der Waals surface area contributed by atoms with Crippen LogP contribution in [0.1, 0.15) is 13.3 Å². The van der Waals surface area contributed by atoms with E-state index in [1.807, 2.05) is 12.2 Å². The van der Waals surface area contributed by atoms with E-state index in [1.165, 1.54) is 6.08 Å². The fourth-order valence-corrected chi connectivity index (χ4v) is 0.462. The molecule has 0 aliphatic carbocycles. The highest BCUT2D eigenvalue weighted by Crippen LogP contribution is 1.87. The summed E-state index contributed by atoms with van der Waals surface area (Å²) >= 11 is 0. The van der Waals surface area contributed by atoms with Gasteiger partial charge in [-0.25, -0.2) is 8.78 Å². The SMILES string of the molecule is CC/C=C/C(=O)NCC(F)F.Cl. The molecule has 0 aromatic carbocycles. The first-order valence-electron chi connectivity index (χ1n) is 3.39. The lowest BCUT2D eigenvalue weighted by atomic mass is 10.4. The number of carbonyl (C=O) groups excluding carboxylic acids is 1. The molecule has 0 radical (unpaired) electrons. The van der Waals surface area contributed by atoms with Crippen molar-refractivity contribution in [3.05, 3.63) is 12.2 Å². The van der Waals surface area contributed by atoms with Crippen molar-refractivity contribution in [3.8, 4) is 0 Å². The number of allylic oxidation sites excluding steroid dienone is 1. The summed E-state index contributed by atoms with van der Waals surface area (Å²) in [5.41, 5.74) is 0. The molecule has 0 spiro atoms. The topological polar surface area (TPSA) is 29.1 Å². The second-order valence-electron chi connectivity index (χ2n) is 1.95. The van der Waals surface area contributed by atoms with Gasteiger partial charge in [0.25, 0.3) is 6.43 Å². The van der Waals surface area contributed by atoms with E-state index in [0.717, 1.165) is 6.42 Å². The molecule has 1 N–H and O–H groups in total. The zero-order chi connectivity index (χ0) is 8.69. The number of nitrogens with one attached hydrogen (secondary N) is 1. The molecule has 0 aliphatic heterocycles. The maximum Gasteiger partial charge on any atom is 0.255 e. The van der Waals surface area contributed by atoms with Crippen LogP contribution in [0.5, 0.6) is 0 Å². The minimum Gasteiger partial charge on any atom is -0.347 e. The van der Waals surface area contributed by atoms with Gasteiger partial charge >= 0.3 is 0 Å². The van der Waals surface area contributed by atoms with Crippen LogP contribution in [0, 0.1) is 0 Å². The second-order valence-corrected chi connectivity index (χ2v) is 1.95. The summed E-state index contributed by atoms with van der Waals surface area (Å²) in [5.74, 6) is -0.466. The lowest BCUT2D eigenvalue weighted by Gasteiger charge is -1.98. The Balaban J connectivity index is 0. The number of rotatable bonds is 4. The predicted molar refractivity (Wildman–Crippen MR) is 45.7 cm³/mol. The summed E-state index contributed by atoms with van der Waals surface area (Å²) in [4.78, 5) is 10.6. The van der Waals surface area contributed by atoms with Gasteiger partial charge in [-0.1, -0.05) is 13.0 Å². The summed E-state index contributed by atoms with van der Waals surface area (Å²) in [6.45, 7) is 1.28. The van der Waals surface area contributed by atoms with Crippen LogP contribution in [0.15, 0.2) is 12.2 Å². The van der Waals surface area contributed by atoms with Crippen LogP contribution >= 0.6 is 12.4 Å². The van der Waals surface area contributed by atoms with Crippen molar-refractivity contribution in [1.82, 2.24) is 5.32 Å². The standard InChI is InChI=1S/C7H11F2NO.ClH/c1-2-3-4-7(11)10-5-6(8)9;/h3-4,6H,2,5H2,1H3,(H,10,11);1H/b4-3+;. The number of carbonyl (C=O) groups is 1. The summed E-state index contributed by atoms with van der Waals surface area (Å²) in [6, 6.07) is 0. The van der Waals surface area contributed by atoms with Crippen LogP contribution in [0.2, 0.25) is 0 Å². The van der Waals surface area contributed by atoms with Crippen LogP contribution < -0.4 is 5.32 Å². The van der Waals surface area contributed by atoms with Crippen LogP contribution in [0.4, 0.5) is 8.78 Å². The first-order valence-corrected chi connectivity index (χ1v) is 3.39. The lowest BCUT2D eigenvalue weighted by Crippen LogP contribution is -2.26. The van der Waals surface area contributed by atoms with Crippen LogP contribution in [0.3, 0.4) is 0 Å². The molecular formula is C7H12ClF2NO. The van der Waals surface area contributed by atoms with Gasteiger partial charge in [0.2, 0.25) is 5.91 Å². The summed E-state index contributed by atoms with van der Waals surface area (Å²) in [7, 11) is 0. The van der Waals surface area contributed by atoms with E-state index in [0.29, 0.717) is 0 Å². The molecule has 0 rings (SSSR count). The molecule has 2 nitrogen and oxygen atoms in total. The Labute approximate surface area is 76.4 Å².